The highest BCUT2D eigenvalue weighted by Crippen LogP contribution is 2.20. The Morgan fingerprint density at radius 3 is 2.32 bits per heavy atom. The van der Waals surface area contributed by atoms with E-state index in [1.54, 1.807) is 41.8 Å². The number of anilines is 1. The normalized spacial score (nSPS) is 14.6. The van der Waals surface area contributed by atoms with Crippen molar-refractivity contribution in [3.8, 4) is 0 Å². The molecular weight excluding hydrogens is 472 g/mol. The molecule has 178 valence electrons. The van der Waals surface area contributed by atoms with Crippen molar-refractivity contribution in [2.24, 2.45) is 0 Å². The molecule has 1 saturated heterocycles. The van der Waals surface area contributed by atoms with Gasteiger partial charge in [-0.15, -0.1) is 11.3 Å². The Morgan fingerprint density at radius 2 is 1.68 bits per heavy atom. The second-order valence-electron chi connectivity index (χ2n) is 8.05. The average Bonchev–Trinajstić information content (AvgIpc) is 3.27. The van der Waals surface area contributed by atoms with E-state index in [0.29, 0.717) is 24.2 Å². The van der Waals surface area contributed by atoms with Gasteiger partial charge in [0.2, 0.25) is 10.0 Å². The quantitative estimate of drug-likeness (QED) is 0.503. The molecule has 10 heteroatoms. The Bertz CT molecular complexity index is 1240. The van der Waals surface area contributed by atoms with Crippen LogP contribution in [0.25, 0.3) is 0 Å². The maximum Gasteiger partial charge on any atom is 0.253 e. The number of aromatic nitrogens is 1. The molecule has 1 amide bonds. The maximum atomic E-state index is 13.0. The highest BCUT2D eigenvalue weighted by Gasteiger charge is 2.21. The lowest BCUT2D eigenvalue weighted by molar-refractivity contribution is 0.0766. The van der Waals surface area contributed by atoms with Crippen LogP contribution in [0.1, 0.15) is 39.6 Å². The van der Waals surface area contributed by atoms with Gasteiger partial charge in [-0.3, -0.25) is 9.59 Å². The molecule has 34 heavy (non-hydrogen) atoms. The van der Waals surface area contributed by atoms with Gasteiger partial charge in [-0.05, 0) is 43.2 Å². The second kappa shape index (κ2) is 10.5. The Labute approximate surface area is 203 Å². The van der Waals surface area contributed by atoms with E-state index in [9.17, 15) is 18.0 Å². The molecule has 2 aromatic carbocycles. The van der Waals surface area contributed by atoms with E-state index in [1.165, 1.54) is 31.2 Å². The lowest BCUT2D eigenvalue weighted by Gasteiger charge is -2.22. The molecule has 2 heterocycles. The minimum atomic E-state index is -3.72. The topological polar surface area (TPSA) is 99.7 Å². The monoisotopic (exact) mass is 498 g/mol. The number of nitrogens with zero attached hydrogens (tertiary/aromatic N) is 3. The summed E-state index contributed by atoms with van der Waals surface area (Å²) in [6.07, 6.45) is 2.66. The first-order valence-electron chi connectivity index (χ1n) is 11.0. The Kier molecular flexibility index (Phi) is 7.40. The fourth-order valence-electron chi connectivity index (χ4n) is 3.76. The zero-order valence-electron chi connectivity index (χ0n) is 18.8. The molecule has 1 aliphatic rings. The third-order valence-electron chi connectivity index (χ3n) is 5.71. The molecule has 0 aliphatic carbocycles. The van der Waals surface area contributed by atoms with Crippen LogP contribution in [0, 0.1) is 0 Å². The maximum absolute atomic E-state index is 13.0. The summed E-state index contributed by atoms with van der Waals surface area (Å²) in [5.74, 6) is -0.151. The molecule has 4 rings (SSSR count). The smallest absolute Gasteiger partial charge is 0.253 e. The number of amides is 1. The lowest BCUT2D eigenvalue weighted by Crippen LogP contribution is -2.35. The van der Waals surface area contributed by atoms with Gasteiger partial charge in [0.15, 0.2) is 10.9 Å². The number of hydrogen-bond acceptors (Lipinski definition) is 7. The first-order chi connectivity index (χ1) is 16.3. The van der Waals surface area contributed by atoms with E-state index in [0.717, 1.165) is 30.2 Å². The molecule has 0 spiro atoms. The number of Topliss-reactive ketones (excluding diaryl/α,β-unsaturated/α-hetero) is 1. The van der Waals surface area contributed by atoms with Gasteiger partial charge in [0.05, 0.1) is 4.90 Å². The lowest BCUT2D eigenvalue weighted by atomic mass is 10.1. The van der Waals surface area contributed by atoms with Crippen LogP contribution in [-0.2, 0) is 16.6 Å². The first kappa shape index (κ1) is 24.1. The third-order valence-corrected chi connectivity index (χ3v) is 7.96. The van der Waals surface area contributed by atoms with Crippen molar-refractivity contribution in [2.45, 2.75) is 24.8 Å². The predicted octanol–water partition coefficient (Wildman–Crippen LogP) is 3.18. The Morgan fingerprint density at radius 1 is 0.971 bits per heavy atom. The Balaban J connectivity index is 1.34. The largest absolute Gasteiger partial charge is 0.346 e. The summed E-state index contributed by atoms with van der Waals surface area (Å²) in [5, 5.41) is 2.94. The number of hydrogen-bond donors (Lipinski definition) is 1. The molecule has 3 aromatic rings. The minimum Gasteiger partial charge on any atom is -0.346 e. The number of carbonyl (C=O) groups is 2. The van der Waals surface area contributed by atoms with Crippen molar-refractivity contribution in [1.82, 2.24) is 14.6 Å². The Hall–Kier alpha value is -3.08. The SMILES string of the molecule is CC(=O)c1ccc(S(=O)(=O)NCc2ccc(C(=O)N3CCCN(c4nccs4)CC3)cc2)cc1. The van der Waals surface area contributed by atoms with Crippen molar-refractivity contribution >= 4 is 38.2 Å². The molecule has 0 atom stereocenters. The molecule has 0 bridgehead atoms. The van der Waals surface area contributed by atoms with Crippen LogP contribution in [0.15, 0.2) is 65.0 Å². The van der Waals surface area contributed by atoms with Crippen LogP contribution in [-0.4, -0.2) is 56.2 Å². The highest BCUT2D eigenvalue weighted by molar-refractivity contribution is 7.89. The molecule has 8 nitrogen and oxygen atoms in total. The van der Waals surface area contributed by atoms with Crippen LogP contribution in [0.2, 0.25) is 0 Å². The van der Waals surface area contributed by atoms with Gasteiger partial charge in [-0.2, -0.15) is 0 Å². The number of thiazole rings is 1. The molecule has 0 radical (unpaired) electrons. The van der Waals surface area contributed by atoms with Crippen LogP contribution < -0.4 is 9.62 Å². The van der Waals surface area contributed by atoms with E-state index in [4.69, 9.17) is 0 Å². The summed E-state index contributed by atoms with van der Waals surface area (Å²) in [5.41, 5.74) is 1.78. The summed E-state index contributed by atoms with van der Waals surface area (Å²) in [4.78, 5) is 32.9. The summed E-state index contributed by atoms with van der Waals surface area (Å²) in [6.45, 7) is 4.45. The molecule has 1 aliphatic heterocycles. The van der Waals surface area contributed by atoms with E-state index in [-0.39, 0.29) is 23.1 Å². The average molecular weight is 499 g/mol. The summed E-state index contributed by atoms with van der Waals surface area (Å²) >= 11 is 1.60. The highest BCUT2D eigenvalue weighted by atomic mass is 32.2. The predicted molar refractivity (Wildman–Crippen MR) is 132 cm³/mol. The molecular formula is C24H26N4O4S2. The minimum absolute atomic E-state index is 0.0290. The van der Waals surface area contributed by atoms with Crippen LogP contribution in [0.5, 0.6) is 0 Å². The second-order valence-corrected chi connectivity index (χ2v) is 10.7. The third kappa shape index (κ3) is 5.69. The summed E-state index contributed by atoms with van der Waals surface area (Å²) in [6, 6.07) is 12.8. The number of benzene rings is 2. The van der Waals surface area contributed by atoms with E-state index in [2.05, 4.69) is 14.6 Å². The van der Waals surface area contributed by atoms with Gasteiger partial charge in [0, 0.05) is 55.4 Å². The molecule has 0 unspecified atom stereocenters. The van der Waals surface area contributed by atoms with Crippen molar-refractivity contribution in [3.05, 3.63) is 76.8 Å². The van der Waals surface area contributed by atoms with Gasteiger partial charge in [0.25, 0.3) is 5.91 Å². The summed E-state index contributed by atoms with van der Waals surface area (Å²) < 4.78 is 27.7. The van der Waals surface area contributed by atoms with Gasteiger partial charge in [-0.25, -0.2) is 18.1 Å². The fourth-order valence-corrected chi connectivity index (χ4v) is 5.48. The van der Waals surface area contributed by atoms with Gasteiger partial charge in [-0.1, -0.05) is 24.3 Å². The fraction of sp³-hybridized carbons (Fsp3) is 0.292. The zero-order chi connectivity index (χ0) is 24.1. The van der Waals surface area contributed by atoms with Gasteiger partial charge >= 0.3 is 0 Å². The van der Waals surface area contributed by atoms with Crippen molar-refractivity contribution in [2.75, 3.05) is 31.1 Å². The number of carbonyl (C=O) groups excluding carboxylic acids is 2. The number of nitrogens with one attached hydrogen (secondary N) is 1. The summed E-state index contributed by atoms with van der Waals surface area (Å²) in [7, 11) is -3.72. The van der Waals surface area contributed by atoms with Crippen molar-refractivity contribution in [3.63, 3.8) is 0 Å². The van der Waals surface area contributed by atoms with E-state index >= 15 is 0 Å². The van der Waals surface area contributed by atoms with Crippen molar-refractivity contribution < 1.29 is 18.0 Å². The van der Waals surface area contributed by atoms with Crippen molar-refractivity contribution in [1.29, 1.82) is 0 Å². The molecule has 1 fully saturated rings. The molecule has 0 saturated carbocycles. The zero-order valence-corrected chi connectivity index (χ0v) is 20.4. The van der Waals surface area contributed by atoms with E-state index < -0.39 is 10.0 Å². The first-order valence-corrected chi connectivity index (χ1v) is 13.3. The molecule has 1 aromatic heterocycles. The molecule has 1 N–H and O–H groups in total. The van der Waals surface area contributed by atoms with Gasteiger partial charge < -0.3 is 9.80 Å². The van der Waals surface area contributed by atoms with Gasteiger partial charge in [0.1, 0.15) is 0 Å². The number of sulfonamides is 1. The standard InChI is InChI=1S/C24H26N4O4S2/c1-18(29)20-7-9-22(10-8-20)34(31,32)26-17-19-3-5-21(6-4-19)23(30)27-12-2-13-28(15-14-27)24-25-11-16-33-24/h3-11,16,26H,2,12-15,17H2,1H3. The van der Waals surface area contributed by atoms with Crippen LogP contribution >= 0.6 is 11.3 Å². The number of rotatable bonds is 7. The van der Waals surface area contributed by atoms with E-state index in [1.807, 2.05) is 10.3 Å². The van der Waals surface area contributed by atoms with Crippen LogP contribution in [0.3, 0.4) is 0 Å². The van der Waals surface area contributed by atoms with Crippen LogP contribution in [0.4, 0.5) is 5.13 Å². The number of ketones is 1.